The van der Waals surface area contributed by atoms with Gasteiger partial charge in [0, 0.05) is 44.1 Å². The highest BCUT2D eigenvalue weighted by molar-refractivity contribution is 7.90. The summed E-state index contributed by atoms with van der Waals surface area (Å²) in [4.78, 5) is 26.9. The van der Waals surface area contributed by atoms with E-state index in [1.165, 1.54) is 24.3 Å². The molecule has 0 unspecified atom stereocenters. The smallest absolute Gasteiger partial charge is 0.292 e. The summed E-state index contributed by atoms with van der Waals surface area (Å²) in [5.74, 6) is -0.302. The molecule has 8 nitrogen and oxygen atoms in total. The first kappa shape index (κ1) is 20.1. The lowest BCUT2D eigenvalue weighted by atomic mass is 10.1. The van der Waals surface area contributed by atoms with Crippen molar-refractivity contribution >= 4 is 38.7 Å². The van der Waals surface area contributed by atoms with E-state index in [9.17, 15) is 23.3 Å². The highest BCUT2D eigenvalue weighted by Gasteiger charge is 2.26. The second-order valence-corrected chi connectivity index (χ2v) is 8.83. The molecular formula is C18H18ClN3O5S. The molecule has 2 aromatic carbocycles. The molecule has 1 fully saturated rings. The maximum Gasteiger partial charge on any atom is 0.292 e. The molecule has 1 saturated heterocycles. The normalized spacial score (nSPS) is 14.8. The number of hydrogen-bond acceptors (Lipinski definition) is 6. The van der Waals surface area contributed by atoms with E-state index in [4.69, 9.17) is 11.6 Å². The molecule has 1 aliphatic heterocycles. The number of sulfone groups is 1. The number of carbonyl (C=O) groups excluding carboxylic acids is 1. The number of nitro benzene ring substituents is 1. The second-order valence-electron chi connectivity index (χ2n) is 6.44. The van der Waals surface area contributed by atoms with Crippen molar-refractivity contribution in [1.29, 1.82) is 0 Å². The average Bonchev–Trinajstić information content (AvgIpc) is 2.67. The summed E-state index contributed by atoms with van der Waals surface area (Å²) in [5, 5.41) is 11.3. The Morgan fingerprint density at radius 1 is 1.11 bits per heavy atom. The molecule has 0 aliphatic carbocycles. The predicted molar refractivity (Wildman–Crippen MR) is 106 cm³/mol. The van der Waals surface area contributed by atoms with E-state index in [0.29, 0.717) is 31.9 Å². The van der Waals surface area contributed by atoms with Crippen molar-refractivity contribution < 1.29 is 18.1 Å². The summed E-state index contributed by atoms with van der Waals surface area (Å²) in [5.41, 5.74) is 0.784. The maximum atomic E-state index is 12.8. The Morgan fingerprint density at radius 2 is 1.75 bits per heavy atom. The highest BCUT2D eigenvalue weighted by Crippen LogP contribution is 2.29. The molecule has 1 heterocycles. The summed E-state index contributed by atoms with van der Waals surface area (Å²) in [7, 11) is -3.55. The Morgan fingerprint density at radius 3 is 2.36 bits per heavy atom. The summed E-state index contributed by atoms with van der Waals surface area (Å²) in [6, 6.07) is 10.7. The summed E-state index contributed by atoms with van der Waals surface area (Å²) < 4.78 is 23.6. The van der Waals surface area contributed by atoms with Crippen molar-refractivity contribution in [3.8, 4) is 0 Å². The second kappa shape index (κ2) is 7.76. The van der Waals surface area contributed by atoms with Crippen LogP contribution in [0.4, 0.5) is 11.4 Å². The largest absolute Gasteiger partial charge is 0.362 e. The van der Waals surface area contributed by atoms with Crippen molar-refractivity contribution in [3.05, 3.63) is 63.2 Å². The van der Waals surface area contributed by atoms with E-state index >= 15 is 0 Å². The number of hydrogen-bond donors (Lipinski definition) is 0. The van der Waals surface area contributed by atoms with Gasteiger partial charge in [-0.15, -0.1) is 0 Å². The van der Waals surface area contributed by atoms with Gasteiger partial charge in [0.05, 0.1) is 14.8 Å². The number of carbonyl (C=O) groups is 1. The van der Waals surface area contributed by atoms with Gasteiger partial charge in [0.15, 0.2) is 9.84 Å². The van der Waals surface area contributed by atoms with Gasteiger partial charge in [-0.05, 0) is 24.3 Å². The van der Waals surface area contributed by atoms with Gasteiger partial charge in [-0.25, -0.2) is 8.42 Å². The van der Waals surface area contributed by atoms with Gasteiger partial charge < -0.3 is 9.80 Å². The summed E-state index contributed by atoms with van der Waals surface area (Å²) in [6.45, 7) is 1.59. The third-order valence-corrected chi connectivity index (χ3v) is 6.14. The van der Waals surface area contributed by atoms with Gasteiger partial charge in [-0.1, -0.05) is 23.7 Å². The van der Waals surface area contributed by atoms with Crippen molar-refractivity contribution in [2.24, 2.45) is 0 Å². The monoisotopic (exact) mass is 423 g/mol. The van der Waals surface area contributed by atoms with E-state index in [1.807, 2.05) is 4.90 Å². The fraction of sp³-hybridized carbons (Fsp3) is 0.278. The lowest BCUT2D eigenvalue weighted by molar-refractivity contribution is -0.384. The van der Waals surface area contributed by atoms with Crippen molar-refractivity contribution in [2.45, 2.75) is 4.90 Å². The SMILES string of the molecule is CS(=O)(=O)c1cc(C(=O)N2CCN(c3ccccc3[N+](=O)[O-])CC2)ccc1Cl. The summed E-state index contributed by atoms with van der Waals surface area (Å²) in [6.07, 6.45) is 1.04. The topological polar surface area (TPSA) is 101 Å². The molecule has 0 radical (unpaired) electrons. The molecule has 0 atom stereocenters. The molecule has 0 spiro atoms. The number of halogens is 1. The zero-order valence-electron chi connectivity index (χ0n) is 15.0. The fourth-order valence-corrected chi connectivity index (χ4v) is 4.44. The van der Waals surface area contributed by atoms with Crippen LogP contribution in [-0.2, 0) is 9.84 Å². The Hall–Kier alpha value is -2.65. The zero-order valence-corrected chi connectivity index (χ0v) is 16.6. The van der Waals surface area contributed by atoms with Crippen LogP contribution in [0, 0.1) is 10.1 Å². The molecule has 0 aromatic heterocycles. The van der Waals surface area contributed by atoms with Crippen LogP contribution in [0.2, 0.25) is 5.02 Å². The number of piperazine rings is 1. The van der Waals surface area contributed by atoms with Gasteiger partial charge in [0.25, 0.3) is 11.6 Å². The van der Waals surface area contributed by atoms with E-state index in [0.717, 1.165) is 6.26 Å². The Bertz CT molecular complexity index is 1030. The molecule has 0 N–H and O–H groups in total. The number of amides is 1. The molecular weight excluding hydrogens is 406 g/mol. The molecule has 28 heavy (non-hydrogen) atoms. The van der Waals surface area contributed by atoms with E-state index < -0.39 is 14.8 Å². The number of anilines is 1. The zero-order chi connectivity index (χ0) is 20.5. The summed E-state index contributed by atoms with van der Waals surface area (Å²) >= 11 is 5.93. The Balaban J connectivity index is 1.76. The van der Waals surface area contributed by atoms with Crippen LogP contribution in [0.3, 0.4) is 0 Å². The quantitative estimate of drug-likeness (QED) is 0.553. The number of rotatable bonds is 4. The van der Waals surface area contributed by atoms with Crippen molar-refractivity contribution in [2.75, 3.05) is 37.3 Å². The number of para-hydroxylation sites is 2. The minimum Gasteiger partial charge on any atom is -0.362 e. The molecule has 3 rings (SSSR count). The van der Waals surface area contributed by atoms with Crippen LogP contribution in [0.25, 0.3) is 0 Å². The lowest BCUT2D eigenvalue weighted by Gasteiger charge is -2.35. The van der Waals surface area contributed by atoms with Crippen LogP contribution in [0.5, 0.6) is 0 Å². The fourth-order valence-electron chi connectivity index (χ4n) is 3.14. The molecule has 1 amide bonds. The number of nitrogens with zero attached hydrogens (tertiary/aromatic N) is 3. The van der Waals surface area contributed by atoms with E-state index in [-0.39, 0.29) is 27.1 Å². The Kier molecular flexibility index (Phi) is 5.57. The van der Waals surface area contributed by atoms with Gasteiger partial charge in [-0.3, -0.25) is 14.9 Å². The van der Waals surface area contributed by atoms with Gasteiger partial charge >= 0.3 is 0 Å². The average molecular weight is 424 g/mol. The maximum absolute atomic E-state index is 12.8. The third-order valence-electron chi connectivity index (χ3n) is 4.56. The van der Waals surface area contributed by atoms with Crippen LogP contribution < -0.4 is 4.90 Å². The van der Waals surface area contributed by atoms with Crippen LogP contribution in [-0.4, -0.2) is 56.6 Å². The van der Waals surface area contributed by atoms with E-state index in [2.05, 4.69) is 0 Å². The third kappa shape index (κ3) is 4.10. The number of nitro groups is 1. The minimum absolute atomic E-state index is 0.0257. The van der Waals surface area contributed by atoms with Crippen LogP contribution in [0.15, 0.2) is 47.4 Å². The first-order chi connectivity index (χ1) is 13.2. The van der Waals surface area contributed by atoms with Crippen molar-refractivity contribution in [1.82, 2.24) is 4.90 Å². The lowest BCUT2D eigenvalue weighted by Crippen LogP contribution is -2.49. The molecule has 2 aromatic rings. The van der Waals surface area contributed by atoms with Crippen LogP contribution in [0.1, 0.15) is 10.4 Å². The van der Waals surface area contributed by atoms with Gasteiger partial charge in [-0.2, -0.15) is 0 Å². The molecule has 0 bridgehead atoms. The first-order valence-electron chi connectivity index (χ1n) is 8.46. The molecule has 148 valence electrons. The standard InChI is InChI=1S/C18H18ClN3O5S/c1-28(26,27)17-12-13(6-7-14(17)19)18(23)21-10-8-20(9-11-21)15-4-2-3-5-16(15)22(24)25/h2-7,12H,8-11H2,1H3. The Labute approximate surface area is 167 Å². The van der Waals surface area contributed by atoms with Crippen LogP contribution >= 0.6 is 11.6 Å². The first-order valence-corrected chi connectivity index (χ1v) is 10.7. The van der Waals surface area contributed by atoms with Crippen molar-refractivity contribution in [3.63, 3.8) is 0 Å². The minimum atomic E-state index is -3.55. The van der Waals surface area contributed by atoms with E-state index in [1.54, 1.807) is 23.1 Å². The number of benzene rings is 2. The predicted octanol–water partition coefficient (Wildman–Crippen LogP) is 2.61. The van der Waals surface area contributed by atoms with Gasteiger partial charge in [0.1, 0.15) is 5.69 Å². The molecule has 0 saturated carbocycles. The molecule has 10 heteroatoms. The molecule has 1 aliphatic rings. The highest BCUT2D eigenvalue weighted by atomic mass is 35.5. The van der Waals surface area contributed by atoms with Gasteiger partial charge in [0.2, 0.25) is 0 Å².